The first-order valence-corrected chi connectivity index (χ1v) is 4.90. The van der Waals surface area contributed by atoms with Gasteiger partial charge in [-0.2, -0.15) is 0 Å². The molecule has 11 heavy (non-hydrogen) atoms. The van der Waals surface area contributed by atoms with E-state index in [1.54, 1.807) is 0 Å². The molecule has 0 aliphatic rings. The smallest absolute Gasteiger partial charge is 0.356 e. The zero-order chi connectivity index (χ0) is 9.12. The van der Waals surface area contributed by atoms with Gasteiger partial charge >= 0.3 is 7.60 Å². The van der Waals surface area contributed by atoms with Crippen LogP contribution in [0.25, 0.3) is 0 Å². The Morgan fingerprint density at radius 1 is 1.55 bits per heavy atom. The van der Waals surface area contributed by atoms with Gasteiger partial charge in [0.1, 0.15) is 0 Å². The van der Waals surface area contributed by atoms with E-state index in [2.05, 4.69) is 0 Å². The van der Waals surface area contributed by atoms with Gasteiger partial charge in [0, 0.05) is 0 Å². The van der Waals surface area contributed by atoms with Gasteiger partial charge in [0.25, 0.3) is 0 Å². The molecule has 0 saturated heterocycles. The van der Waals surface area contributed by atoms with E-state index in [-0.39, 0.29) is 6.42 Å². The lowest BCUT2D eigenvalue weighted by atomic mass is 10.2. The largest absolute Gasteiger partial charge is 0.378 e. The van der Waals surface area contributed by atoms with Crippen LogP contribution in [0.4, 0.5) is 0 Å². The van der Waals surface area contributed by atoms with Crippen LogP contribution in [-0.4, -0.2) is 26.8 Å². The third kappa shape index (κ3) is 3.31. The normalized spacial score (nSPS) is 17.9. The fourth-order valence-electron chi connectivity index (χ4n) is 0.583. The minimum atomic E-state index is -4.40. The molecule has 0 aromatic heterocycles. The highest BCUT2D eigenvalue weighted by molar-refractivity contribution is 7.53. The average Bonchev–Trinajstić information content (AvgIpc) is 1.81. The molecule has 0 aromatic carbocycles. The van der Waals surface area contributed by atoms with E-state index >= 15 is 0 Å². The summed E-state index contributed by atoms with van der Waals surface area (Å²) in [7, 11) is -4.40. The molecule has 0 aliphatic heterocycles. The molecule has 5 nitrogen and oxygen atoms in total. The van der Waals surface area contributed by atoms with Gasteiger partial charge in [-0.15, -0.1) is 0 Å². The molecule has 0 amide bonds. The quantitative estimate of drug-likeness (QED) is 0.444. The monoisotopic (exact) mass is 183 g/mol. The first kappa shape index (κ1) is 11.1. The van der Waals surface area contributed by atoms with Crippen LogP contribution in [0.15, 0.2) is 0 Å². The summed E-state index contributed by atoms with van der Waals surface area (Å²) in [6, 6.07) is 0. The Balaban J connectivity index is 4.11. The van der Waals surface area contributed by atoms with Crippen LogP contribution in [0.3, 0.4) is 0 Å². The van der Waals surface area contributed by atoms with Crippen LogP contribution in [0, 0.1) is 0 Å². The maximum Gasteiger partial charge on any atom is 0.356 e. The van der Waals surface area contributed by atoms with Crippen molar-refractivity contribution < 1.29 is 19.5 Å². The van der Waals surface area contributed by atoms with E-state index in [1.165, 1.54) is 0 Å². The molecule has 0 rings (SSSR count). The zero-order valence-electron chi connectivity index (χ0n) is 6.40. The molecule has 5 N–H and O–H groups in total. The molecular weight excluding hydrogens is 169 g/mol. The summed E-state index contributed by atoms with van der Waals surface area (Å²) in [5, 5.41) is 7.24. The summed E-state index contributed by atoms with van der Waals surface area (Å²) < 4.78 is 10.6. The van der Waals surface area contributed by atoms with E-state index in [4.69, 9.17) is 20.6 Å². The second kappa shape index (κ2) is 3.65. The molecule has 1 atom stereocenters. The van der Waals surface area contributed by atoms with Crippen LogP contribution in [0.1, 0.15) is 19.8 Å². The second-order valence-electron chi connectivity index (χ2n) is 2.65. The van der Waals surface area contributed by atoms with Crippen LogP contribution >= 0.6 is 7.60 Å². The van der Waals surface area contributed by atoms with Gasteiger partial charge in [0.05, 0.1) is 0 Å². The summed E-state index contributed by atoms with van der Waals surface area (Å²) >= 11 is 0. The summed E-state index contributed by atoms with van der Waals surface area (Å²) in [5.74, 6) is 0. The highest BCUT2D eigenvalue weighted by atomic mass is 31.2. The van der Waals surface area contributed by atoms with Crippen LogP contribution < -0.4 is 5.73 Å². The minimum Gasteiger partial charge on any atom is -0.378 e. The van der Waals surface area contributed by atoms with Crippen molar-refractivity contribution in [2.45, 2.75) is 25.1 Å². The van der Waals surface area contributed by atoms with Gasteiger partial charge in [0.15, 0.2) is 5.34 Å². The molecule has 0 bridgehead atoms. The molecule has 1 unspecified atom stereocenters. The average molecular weight is 183 g/mol. The van der Waals surface area contributed by atoms with E-state index < -0.39 is 12.9 Å². The van der Waals surface area contributed by atoms with Crippen molar-refractivity contribution >= 4 is 7.60 Å². The number of aliphatic hydroxyl groups is 1. The van der Waals surface area contributed by atoms with Gasteiger partial charge < -0.3 is 20.6 Å². The Labute approximate surface area is 65.4 Å². The number of hydrogen-bond donors (Lipinski definition) is 4. The van der Waals surface area contributed by atoms with Crippen LogP contribution in [0.5, 0.6) is 0 Å². The van der Waals surface area contributed by atoms with Crippen molar-refractivity contribution in [3.05, 3.63) is 0 Å². The van der Waals surface area contributed by atoms with E-state index in [0.29, 0.717) is 13.0 Å². The number of rotatable bonds is 4. The molecule has 0 heterocycles. The lowest BCUT2D eigenvalue weighted by Gasteiger charge is -2.23. The molecule has 0 spiro atoms. The Hall–Kier alpha value is 0.0700. The van der Waals surface area contributed by atoms with Crippen molar-refractivity contribution in [3.63, 3.8) is 0 Å². The predicted octanol–water partition coefficient (Wildman–Crippen LogP) is -0.388. The second-order valence-corrected chi connectivity index (χ2v) is 4.70. The molecular formula is C5H14NO4P. The number of hydrogen-bond acceptors (Lipinski definition) is 3. The fraction of sp³-hybridized carbons (Fsp3) is 1.00. The summed E-state index contributed by atoms with van der Waals surface area (Å²) in [6.07, 6.45) is 0.423. The molecule has 0 fully saturated rings. The highest BCUT2D eigenvalue weighted by Crippen LogP contribution is 2.50. The van der Waals surface area contributed by atoms with Gasteiger partial charge in [-0.25, -0.2) is 0 Å². The summed E-state index contributed by atoms with van der Waals surface area (Å²) in [6.45, 7) is 1.43. The Kier molecular flexibility index (Phi) is 3.67. The molecule has 0 aromatic rings. The van der Waals surface area contributed by atoms with Crippen molar-refractivity contribution in [2.75, 3.05) is 6.54 Å². The summed E-state index contributed by atoms with van der Waals surface area (Å²) in [5.41, 5.74) is 5.11. The maximum absolute atomic E-state index is 10.6. The van der Waals surface area contributed by atoms with Gasteiger partial charge in [0.2, 0.25) is 0 Å². The van der Waals surface area contributed by atoms with E-state index in [0.717, 1.165) is 6.92 Å². The Bertz CT molecular complexity index is 164. The van der Waals surface area contributed by atoms with Crippen molar-refractivity contribution in [2.24, 2.45) is 5.73 Å². The fourth-order valence-corrected chi connectivity index (χ4v) is 1.03. The van der Waals surface area contributed by atoms with Gasteiger partial charge in [-0.3, -0.25) is 4.57 Å². The molecule has 0 radical (unpaired) electrons. The lowest BCUT2D eigenvalue weighted by molar-refractivity contribution is 0.0986. The zero-order valence-corrected chi connectivity index (χ0v) is 7.29. The third-order valence-corrected chi connectivity index (χ3v) is 2.96. The standard InChI is InChI=1S/C5H14NO4P/c1-5(7,3-2-4-6)11(8,9)10/h7H,2-4,6H2,1H3,(H2,8,9,10). The van der Waals surface area contributed by atoms with E-state index in [1.807, 2.05) is 0 Å². The first-order valence-electron chi connectivity index (χ1n) is 3.29. The van der Waals surface area contributed by atoms with E-state index in [9.17, 15) is 4.57 Å². The maximum atomic E-state index is 10.6. The molecule has 0 aliphatic carbocycles. The highest BCUT2D eigenvalue weighted by Gasteiger charge is 2.39. The van der Waals surface area contributed by atoms with Crippen molar-refractivity contribution in [1.82, 2.24) is 0 Å². The van der Waals surface area contributed by atoms with Gasteiger partial charge in [-0.05, 0) is 26.3 Å². The summed E-state index contributed by atoms with van der Waals surface area (Å²) in [4.78, 5) is 17.2. The SMILES string of the molecule is CC(O)(CCCN)P(=O)(O)O. The predicted molar refractivity (Wildman–Crippen MR) is 41.0 cm³/mol. The number of nitrogens with two attached hydrogens (primary N) is 1. The van der Waals surface area contributed by atoms with Crippen molar-refractivity contribution in [1.29, 1.82) is 0 Å². The minimum absolute atomic E-state index is 0.0216. The third-order valence-electron chi connectivity index (χ3n) is 1.48. The topological polar surface area (TPSA) is 104 Å². The molecule has 0 saturated carbocycles. The first-order chi connectivity index (χ1) is 4.81. The van der Waals surface area contributed by atoms with Gasteiger partial charge in [-0.1, -0.05) is 0 Å². The molecule has 68 valence electrons. The van der Waals surface area contributed by atoms with Crippen molar-refractivity contribution in [3.8, 4) is 0 Å². The molecule has 6 heteroatoms. The van der Waals surface area contributed by atoms with Crippen LogP contribution in [-0.2, 0) is 4.57 Å². The van der Waals surface area contributed by atoms with Crippen LogP contribution in [0.2, 0.25) is 0 Å². The Morgan fingerprint density at radius 3 is 2.27 bits per heavy atom. The Morgan fingerprint density at radius 2 is 2.00 bits per heavy atom. The lowest BCUT2D eigenvalue weighted by Crippen LogP contribution is -2.24.